The number of hydrogen-bond acceptors (Lipinski definition) is 13. The molecule has 2 atom stereocenters. The fourth-order valence-corrected chi connectivity index (χ4v) is 23.4. The standard InChI is InChI=1S/C81H69NO3S9/c1-46-10-40-64(86-46)70-73(67-43-13-49(4)89-67)79(55-22-34-61(83-7)35-23-55)92-76(70)52-16-28-58(29-17-52)82(59-30-18-53(19-31-59)77-71(65-41-11-47(2)87-65)74(68-44-14-50(5)90-68)80(93-77)56-24-36-62(84-8)37-25-56)60-32-20-54(21-33-60)78-72(66-42-12-48(3)88-66)75(69-45-15-51(6)91-69)81(94-78)57-26-38-63(85-9)39-27-57/h10-26,28-36,38,40,42-45,62,65H,27,37,39,41H2,1-9H3. The van der Waals surface area contributed by atoms with Gasteiger partial charge in [-0.3, -0.25) is 0 Å². The summed E-state index contributed by atoms with van der Waals surface area (Å²) in [5.41, 5.74) is 18.8. The highest BCUT2D eigenvalue weighted by atomic mass is 32.2. The van der Waals surface area contributed by atoms with Crippen molar-refractivity contribution >= 4 is 131 Å². The lowest BCUT2D eigenvalue weighted by molar-refractivity contribution is 0.143. The summed E-state index contributed by atoms with van der Waals surface area (Å²) in [7, 11) is 5.33. The molecule has 94 heavy (non-hydrogen) atoms. The van der Waals surface area contributed by atoms with Gasteiger partial charge >= 0.3 is 0 Å². The molecule has 15 rings (SSSR count). The zero-order valence-corrected chi connectivity index (χ0v) is 61.2. The summed E-state index contributed by atoms with van der Waals surface area (Å²) in [4.78, 5) is 24.7. The highest BCUT2D eigenvalue weighted by Gasteiger charge is 2.33. The second-order valence-electron chi connectivity index (χ2n) is 24.0. The van der Waals surface area contributed by atoms with Crippen molar-refractivity contribution in [2.75, 3.05) is 26.2 Å². The van der Waals surface area contributed by atoms with Crippen molar-refractivity contribution in [3.63, 3.8) is 0 Å². The van der Waals surface area contributed by atoms with Crippen LogP contribution < -0.4 is 9.64 Å². The molecule has 0 fully saturated rings. The Morgan fingerprint density at radius 1 is 0.383 bits per heavy atom. The Balaban J connectivity index is 0.887. The maximum absolute atomic E-state index is 5.82. The summed E-state index contributed by atoms with van der Waals surface area (Å²) in [6.45, 7) is 13.4. The quantitative estimate of drug-likeness (QED) is 0.0855. The van der Waals surface area contributed by atoms with E-state index in [1.54, 1.807) is 14.2 Å². The minimum Gasteiger partial charge on any atom is -0.501 e. The van der Waals surface area contributed by atoms with E-state index in [0.29, 0.717) is 5.25 Å². The number of hydrogen-bond donors (Lipinski definition) is 0. The van der Waals surface area contributed by atoms with Gasteiger partial charge in [-0.15, -0.1) is 102 Å². The Hall–Kier alpha value is -7.11. The summed E-state index contributed by atoms with van der Waals surface area (Å²) in [5.74, 6) is 1.88. The third-order valence-corrected chi connectivity index (χ3v) is 28.0. The molecule has 0 spiro atoms. The summed E-state index contributed by atoms with van der Waals surface area (Å²) >= 11 is 17.2. The van der Waals surface area contributed by atoms with Crippen molar-refractivity contribution in [1.29, 1.82) is 0 Å². The van der Waals surface area contributed by atoms with E-state index in [4.69, 9.17) is 14.2 Å². The molecule has 4 aromatic carbocycles. The maximum atomic E-state index is 5.82. The van der Waals surface area contributed by atoms with E-state index in [2.05, 4.69) is 241 Å². The summed E-state index contributed by atoms with van der Waals surface area (Å²) < 4.78 is 17.2. The Bertz CT molecular complexity index is 4960. The first-order valence-corrected chi connectivity index (χ1v) is 39.1. The van der Waals surface area contributed by atoms with E-state index in [9.17, 15) is 0 Å². The molecule has 13 heteroatoms. The molecule has 0 saturated carbocycles. The lowest BCUT2D eigenvalue weighted by atomic mass is 9.94. The number of allylic oxidation sites excluding steroid dienone is 8. The smallest absolute Gasteiger partial charge is 0.118 e. The molecule has 470 valence electrons. The van der Waals surface area contributed by atoms with Crippen LogP contribution in [0, 0.1) is 34.6 Å². The van der Waals surface area contributed by atoms with Crippen molar-refractivity contribution < 1.29 is 14.2 Å². The largest absolute Gasteiger partial charge is 0.501 e. The average molecular weight is 1390 g/mol. The van der Waals surface area contributed by atoms with Gasteiger partial charge in [0.2, 0.25) is 0 Å². The van der Waals surface area contributed by atoms with Gasteiger partial charge in [0.15, 0.2) is 0 Å². The number of ether oxygens (including phenoxy) is 3. The molecule has 0 bridgehead atoms. The molecule has 2 aliphatic carbocycles. The van der Waals surface area contributed by atoms with Gasteiger partial charge in [0.25, 0.3) is 0 Å². The first-order chi connectivity index (χ1) is 45.9. The van der Waals surface area contributed by atoms with Gasteiger partial charge < -0.3 is 19.1 Å². The lowest BCUT2D eigenvalue weighted by Gasteiger charge is -2.26. The Kier molecular flexibility index (Phi) is 18.0. The van der Waals surface area contributed by atoms with Crippen LogP contribution in [0.25, 0.3) is 105 Å². The molecule has 2 unspecified atom stereocenters. The molecule has 0 saturated heterocycles. The fourth-order valence-electron chi connectivity index (χ4n) is 13.1. The SMILES string of the molecule is COC1=CC=C(c2sc(-c3ccc(N(c4ccc(-c5sc(-c6ccc(OC)cc6)c(-c6ccc(C)s6)c5-c5ccc(C)s5)cc4)c4ccc(-c5sc(C6=CCC(OC)C=C6)c(-c6ccc(C)s6)c5C5CC=C(C)S5)cc4)cc3)c(-c3ccc(C)s3)c2-c2ccc(C)s2)CC1. The molecule has 9 heterocycles. The van der Waals surface area contributed by atoms with Gasteiger partial charge in [-0.25, -0.2) is 0 Å². The monoisotopic (exact) mass is 1390 g/mol. The second kappa shape index (κ2) is 26.8. The molecule has 0 radical (unpaired) electrons. The van der Waals surface area contributed by atoms with Crippen LogP contribution >= 0.6 is 102 Å². The van der Waals surface area contributed by atoms with Crippen LogP contribution in [0.15, 0.2) is 205 Å². The van der Waals surface area contributed by atoms with Crippen LogP contribution in [0.4, 0.5) is 17.1 Å². The molecule has 12 aromatic rings. The number of methoxy groups -OCH3 is 3. The maximum Gasteiger partial charge on any atom is 0.118 e. The van der Waals surface area contributed by atoms with Gasteiger partial charge in [-0.1, -0.05) is 66.8 Å². The van der Waals surface area contributed by atoms with Crippen molar-refractivity contribution in [2.45, 2.75) is 78.6 Å². The number of anilines is 3. The van der Waals surface area contributed by atoms with Crippen LogP contribution in [0.3, 0.4) is 0 Å². The Labute approximate surface area is 588 Å². The Morgan fingerprint density at radius 2 is 0.809 bits per heavy atom. The molecule has 1 aliphatic heterocycles. The topological polar surface area (TPSA) is 30.9 Å². The van der Waals surface area contributed by atoms with Crippen molar-refractivity contribution in [3.8, 4) is 99.7 Å². The van der Waals surface area contributed by atoms with Gasteiger partial charge in [0, 0.05) is 142 Å². The zero-order chi connectivity index (χ0) is 64.3. The highest BCUT2D eigenvalue weighted by molar-refractivity contribution is 8.03. The number of aryl methyl sites for hydroxylation is 5. The summed E-state index contributed by atoms with van der Waals surface area (Å²) in [6.07, 6.45) is 17.6. The van der Waals surface area contributed by atoms with Crippen LogP contribution in [-0.4, -0.2) is 27.4 Å². The minimum absolute atomic E-state index is 0.0863. The van der Waals surface area contributed by atoms with Gasteiger partial charge in [0.1, 0.15) is 5.75 Å². The number of thiophene rings is 8. The van der Waals surface area contributed by atoms with Crippen molar-refractivity contribution in [2.24, 2.45) is 0 Å². The van der Waals surface area contributed by atoms with E-state index < -0.39 is 0 Å². The molecular weight excluding hydrogens is 1320 g/mol. The van der Waals surface area contributed by atoms with Crippen molar-refractivity contribution in [3.05, 3.63) is 245 Å². The summed E-state index contributed by atoms with van der Waals surface area (Å²) in [6, 6.07) is 59.9. The van der Waals surface area contributed by atoms with Crippen LogP contribution in [0.1, 0.15) is 77.6 Å². The third-order valence-electron chi connectivity index (χ3n) is 17.8. The van der Waals surface area contributed by atoms with Crippen LogP contribution in [0.2, 0.25) is 0 Å². The predicted octanol–water partition coefficient (Wildman–Crippen LogP) is 27.3. The van der Waals surface area contributed by atoms with E-state index in [-0.39, 0.29) is 6.10 Å². The molecule has 0 N–H and O–H groups in total. The van der Waals surface area contributed by atoms with Crippen molar-refractivity contribution in [1.82, 2.24) is 0 Å². The first-order valence-electron chi connectivity index (χ1n) is 31.7. The zero-order valence-electron chi connectivity index (χ0n) is 53.8. The van der Waals surface area contributed by atoms with Crippen LogP contribution in [0.5, 0.6) is 5.75 Å². The molecule has 4 nitrogen and oxygen atoms in total. The third kappa shape index (κ3) is 12.2. The number of benzene rings is 4. The first kappa shape index (κ1) is 63.0. The molecule has 8 aromatic heterocycles. The number of rotatable bonds is 18. The fraction of sp³-hybridized carbons (Fsp3) is 0.185. The number of thioether (sulfide) groups is 1. The van der Waals surface area contributed by atoms with Gasteiger partial charge in [-0.05, 0) is 232 Å². The van der Waals surface area contributed by atoms with E-state index in [1.807, 2.05) is 110 Å². The second-order valence-corrected chi connectivity index (χ2v) is 35.0. The molecular formula is C81H69NO3S9. The Morgan fingerprint density at radius 3 is 1.18 bits per heavy atom. The minimum atomic E-state index is 0.0863. The molecule has 3 aliphatic rings. The normalized spacial score (nSPS) is 15.5. The van der Waals surface area contributed by atoms with Gasteiger partial charge in [-0.2, -0.15) is 0 Å². The highest BCUT2D eigenvalue weighted by Crippen LogP contribution is 2.59. The van der Waals surface area contributed by atoms with E-state index >= 15 is 0 Å². The summed E-state index contributed by atoms with van der Waals surface area (Å²) in [5, 5.41) is 0.310. The van der Waals surface area contributed by atoms with Crippen LogP contribution in [-0.2, 0) is 9.47 Å². The van der Waals surface area contributed by atoms with E-state index in [0.717, 1.165) is 54.3 Å². The van der Waals surface area contributed by atoms with E-state index in [1.165, 1.54) is 150 Å². The number of nitrogens with zero attached hydrogens (tertiary/aromatic N) is 1. The van der Waals surface area contributed by atoms with Gasteiger partial charge in [0.05, 0.1) is 26.1 Å². The predicted molar refractivity (Wildman–Crippen MR) is 417 cm³/mol. The lowest BCUT2D eigenvalue weighted by Crippen LogP contribution is -2.09. The molecule has 0 amide bonds. The average Bonchev–Trinajstić information content (AvgIpc) is 1.60.